The number of guanidine groups is 1. The summed E-state index contributed by atoms with van der Waals surface area (Å²) in [5.41, 5.74) is 2.16. The SMILES string of the molecule is CN=C(NCc1ncccc1N(C)C)NC1CC1. The molecule has 2 rings (SSSR count). The van der Waals surface area contributed by atoms with Gasteiger partial charge in [-0.3, -0.25) is 9.98 Å². The highest BCUT2D eigenvalue weighted by atomic mass is 15.2. The topological polar surface area (TPSA) is 52.6 Å². The molecule has 1 fully saturated rings. The number of nitrogens with one attached hydrogen (secondary N) is 2. The maximum Gasteiger partial charge on any atom is 0.191 e. The van der Waals surface area contributed by atoms with E-state index in [1.807, 2.05) is 26.4 Å². The predicted octanol–water partition coefficient (Wildman–Crippen LogP) is 0.975. The van der Waals surface area contributed by atoms with E-state index in [0.717, 1.165) is 17.3 Å². The van der Waals surface area contributed by atoms with Crippen molar-refractivity contribution in [2.75, 3.05) is 26.0 Å². The normalized spacial score (nSPS) is 15.4. The van der Waals surface area contributed by atoms with Gasteiger partial charge in [0.05, 0.1) is 17.9 Å². The van der Waals surface area contributed by atoms with Crippen LogP contribution in [-0.4, -0.2) is 38.1 Å². The lowest BCUT2D eigenvalue weighted by atomic mass is 10.3. The second-order valence-corrected chi connectivity index (χ2v) is 4.71. The number of rotatable bonds is 4. The fourth-order valence-corrected chi connectivity index (χ4v) is 1.76. The zero-order valence-electron chi connectivity index (χ0n) is 11.3. The number of aliphatic imine (C=N–C) groups is 1. The molecule has 0 atom stereocenters. The molecule has 1 heterocycles. The average molecular weight is 247 g/mol. The van der Waals surface area contributed by atoms with Crippen molar-refractivity contribution in [3.05, 3.63) is 24.0 Å². The molecule has 0 amide bonds. The Morgan fingerprint density at radius 3 is 2.89 bits per heavy atom. The standard InChI is InChI=1S/C13H21N5/c1-14-13(17-10-6-7-10)16-9-11-12(18(2)3)5-4-8-15-11/h4-5,8,10H,6-7,9H2,1-3H3,(H2,14,16,17). The molecule has 1 saturated carbocycles. The monoisotopic (exact) mass is 247 g/mol. The number of hydrogen-bond acceptors (Lipinski definition) is 3. The summed E-state index contributed by atoms with van der Waals surface area (Å²) in [5, 5.41) is 6.66. The Hall–Kier alpha value is -1.78. The summed E-state index contributed by atoms with van der Waals surface area (Å²) in [6, 6.07) is 4.63. The Balaban J connectivity index is 1.96. The van der Waals surface area contributed by atoms with E-state index >= 15 is 0 Å². The summed E-state index contributed by atoms with van der Waals surface area (Å²) in [6.45, 7) is 0.681. The first-order chi connectivity index (χ1) is 8.70. The number of pyridine rings is 1. The predicted molar refractivity (Wildman–Crippen MR) is 74.9 cm³/mol. The van der Waals surface area contributed by atoms with Crippen LogP contribution in [0.3, 0.4) is 0 Å². The highest BCUT2D eigenvalue weighted by Crippen LogP contribution is 2.18. The third-order valence-electron chi connectivity index (χ3n) is 2.91. The lowest BCUT2D eigenvalue weighted by Crippen LogP contribution is -2.38. The fourth-order valence-electron chi connectivity index (χ4n) is 1.76. The molecule has 1 aromatic rings. The minimum Gasteiger partial charge on any atom is -0.376 e. The van der Waals surface area contributed by atoms with Crippen molar-refractivity contribution in [3.8, 4) is 0 Å². The molecule has 1 aliphatic carbocycles. The van der Waals surface area contributed by atoms with E-state index in [4.69, 9.17) is 0 Å². The van der Waals surface area contributed by atoms with Gasteiger partial charge in [0.1, 0.15) is 0 Å². The molecular weight excluding hydrogens is 226 g/mol. The average Bonchev–Trinajstić information content (AvgIpc) is 3.18. The first-order valence-electron chi connectivity index (χ1n) is 6.29. The van der Waals surface area contributed by atoms with Crippen LogP contribution in [0, 0.1) is 0 Å². The van der Waals surface area contributed by atoms with Crippen LogP contribution in [-0.2, 0) is 6.54 Å². The molecule has 18 heavy (non-hydrogen) atoms. The van der Waals surface area contributed by atoms with Gasteiger partial charge in [-0.2, -0.15) is 0 Å². The van der Waals surface area contributed by atoms with Crippen LogP contribution in [0.5, 0.6) is 0 Å². The van der Waals surface area contributed by atoms with Crippen molar-refractivity contribution >= 4 is 11.6 Å². The molecule has 2 N–H and O–H groups in total. The molecule has 0 saturated heterocycles. The van der Waals surface area contributed by atoms with E-state index in [-0.39, 0.29) is 0 Å². The van der Waals surface area contributed by atoms with Crippen LogP contribution in [0.1, 0.15) is 18.5 Å². The molecule has 0 aromatic carbocycles. The molecule has 0 spiro atoms. The highest BCUT2D eigenvalue weighted by Gasteiger charge is 2.22. The van der Waals surface area contributed by atoms with Gasteiger partial charge >= 0.3 is 0 Å². The Morgan fingerprint density at radius 2 is 2.28 bits per heavy atom. The molecule has 0 radical (unpaired) electrons. The van der Waals surface area contributed by atoms with E-state index in [1.165, 1.54) is 12.8 Å². The van der Waals surface area contributed by atoms with E-state index in [0.29, 0.717) is 12.6 Å². The molecule has 5 heteroatoms. The number of anilines is 1. The summed E-state index contributed by atoms with van der Waals surface area (Å²) < 4.78 is 0. The van der Waals surface area contributed by atoms with Crippen LogP contribution < -0.4 is 15.5 Å². The minimum atomic E-state index is 0.605. The quantitative estimate of drug-likeness (QED) is 0.615. The van der Waals surface area contributed by atoms with Crippen molar-refractivity contribution < 1.29 is 0 Å². The molecule has 0 aliphatic heterocycles. The molecule has 0 unspecified atom stereocenters. The summed E-state index contributed by atoms with van der Waals surface area (Å²) in [6.07, 6.45) is 4.31. The van der Waals surface area contributed by atoms with Crippen LogP contribution in [0.25, 0.3) is 0 Å². The van der Waals surface area contributed by atoms with Crippen LogP contribution in [0.4, 0.5) is 5.69 Å². The second kappa shape index (κ2) is 5.71. The lowest BCUT2D eigenvalue weighted by Gasteiger charge is -2.17. The van der Waals surface area contributed by atoms with E-state index in [1.54, 1.807) is 7.05 Å². The summed E-state index contributed by atoms with van der Waals surface area (Å²) in [7, 11) is 5.85. The first kappa shape index (κ1) is 12.7. The number of hydrogen-bond donors (Lipinski definition) is 2. The van der Waals surface area contributed by atoms with Gasteiger partial charge in [-0.15, -0.1) is 0 Å². The Kier molecular flexibility index (Phi) is 4.02. The fraction of sp³-hybridized carbons (Fsp3) is 0.538. The molecule has 98 valence electrons. The van der Waals surface area contributed by atoms with Gasteiger partial charge in [0.25, 0.3) is 0 Å². The summed E-state index contributed by atoms with van der Waals surface area (Å²) in [4.78, 5) is 10.7. The molecule has 1 aromatic heterocycles. The molecule has 5 nitrogen and oxygen atoms in total. The van der Waals surface area contributed by atoms with Gasteiger partial charge in [-0.1, -0.05) is 0 Å². The van der Waals surface area contributed by atoms with E-state index < -0.39 is 0 Å². The summed E-state index contributed by atoms with van der Waals surface area (Å²) >= 11 is 0. The van der Waals surface area contributed by atoms with Crippen LogP contribution >= 0.6 is 0 Å². The second-order valence-electron chi connectivity index (χ2n) is 4.71. The zero-order chi connectivity index (χ0) is 13.0. The van der Waals surface area contributed by atoms with Crippen LogP contribution in [0.15, 0.2) is 23.3 Å². The minimum absolute atomic E-state index is 0.605. The van der Waals surface area contributed by atoms with Crippen molar-refractivity contribution in [1.29, 1.82) is 0 Å². The Labute approximate surface area is 108 Å². The molecule has 1 aliphatic rings. The van der Waals surface area contributed by atoms with Crippen molar-refractivity contribution in [1.82, 2.24) is 15.6 Å². The first-order valence-corrected chi connectivity index (χ1v) is 6.29. The van der Waals surface area contributed by atoms with E-state index in [2.05, 4.69) is 31.6 Å². The largest absolute Gasteiger partial charge is 0.376 e. The molecular formula is C13H21N5. The van der Waals surface area contributed by atoms with Gasteiger partial charge in [0, 0.05) is 33.4 Å². The van der Waals surface area contributed by atoms with Crippen LogP contribution in [0.2, 0.25) is 0 Å². The Morgan fingerprint density at radius 1 is 1.50 bits per heavy atom. The maximum atomic E-state index is 4.41. The van der Waals surface area contributed by atoms with Crippen molar-refractivity contribution in [2.24, 2.45) is 4.99 Å². The van der Waals surface area contributed by atoms with Gasteiger partial charge in [0.2, 0.25) is 0 Å². The third-order valence-corrected chi connectivity index (χ3v) is 2.91. The number of nitrogens with zero attached hydrogens (tertiary/aromatic N) is 3. The smallest absolute Gasteiger partial charge is 0.191 e. The number of aromatic nitrogens is 1. The van der Waals surface area contributed by atoms with E-state index in [9.17, 15) is 0 Å². The van der Waals surface area contributed by atoms with Crippen molar-refractivity contribution in [2.45, 2.75) is 25.4 Å². The van der Waals surface area contributed by atoms with Gasteiger partial charge in [-0.25, -0.2) is 0 Å². The maximum absolute atomic E-state index is 4.41. The summed E-state index contributed by atoms with van der Waals surface area (Å²) in [5.74, 6) is 0.854. The third kappa shape index (κ3) is 3.35. The van der Waals surface area contributed by atoms with Gasteiger partial charge in [-0.05, 0) is 25.0 Å². The Bertz CT molecular complexity index is 423. The zero-order valence-corrected chi connectivity index (χ0v) is 11.3. The van der Waals surface area contributed by atoms with Gasteiger partial charge < -0.3 is 15.5 Å². The van der Waals surface area contributed by atoms with Crippen molar-refractivity contribution in [3.63, 3.8) is 0 Å². The lowest BCUT2D eigenvalue weighted by molar-refractivity contribution is 0.789. The van der Waals surface area contributed by atoms with Gasteiger partial charge in [0.15, 0.2) is 5.96 Å². The highest BCUT2D eigenvalue weighted by molar-refractivity contribution is 5.80. The molecule has 0 bridgehead atoms.